The number of phosphoric ester groups is 1. The Bertz CT molecular complexity index is 2020. The lowest BCUT2D eigenvalue weighted by Crippen LogP contribution is -2.37. The van der Waals surface area contributed by atoms with Crippen molar-refractivity contribution in [2.24, 2.45) is 0 Å². The number of hydrogen-bond donors (Lipinski definition) is 0. The van der Waals surface area contributed by atoms with E-state index in [-0.39, 0.29) is 32.0 Å². The van der Waals surface area contributed by atoms with Gasteiger partial charge in [0.1, 0.15) is 19.8 Å². The standard InChI is InChI=1S/C85H150NO8P/c1-6-8-10-12-14-16-18-20-22-24-26-28-30-32-34-36-38-40-42-44-45-47-49-51-53-55-57-59-61-63-65-67-69-71-73-75-77-84(87)91-81-83(82-93-95(89,90)92-80-79-86(3,4)5)94-85(88)78-76-74-72-70-68-66-64-62-60-58-56-54-52-50-48-46-43-41-39-37-35-33-31-29-27-25-23-21-19-17-15-13-11-9-7-2/h9,11,15,17,21,23,27,29,33,35,39,41,46,48,52,54,58,60,64,66,83H,6-8,10,12-14,16,18-20,22,24-26,28,30-32,34,36-38,40,42-45,47,49-51,53,55-57,59,61-63,65,67-82H2,1-5H3/b11-9-,17-15-,23-21-,29-27-,35-33-,41-39-,48-46-,54-52-,60-58-,66-64-. The molecule has 0 aliphatic rings. The van der Waals surface area contributed by atoms with Gasteiger partial charge >= 0.3 is 11.9 Å². The van der Waals surface area contributed by atoms with Crippen LogP contribution in [0.15, 0.2) is 122 Å². The fourth-order valence-electron chi connectivity index (χ4n) is 11.2. The van der Waals surface area contributed by atoms with Gasteiger partial charge < -0.3 is 27.9 Å². The van der Waals surface area contributed by atoms with E-state index in [2.05, 4.69) is 135 Å². The number of carbonyl (C=O) groups excluding carboxylic acids is 2. The number of hydrogen-bond acceptors (Lipinski definition) is 8. The zero-order chi connectivity index (χ0) is 69.0. The van der Waals surface area contributed by atoms with Crippen molar-refractivity contribution >= 4 is 19.8 Å². The van der Waals surface area contributed by atoms with Gasteiger partial charge in [0.05, 0.1) is 27.7 Å². The number of nitrogens with zero attached hydrogens (tertiary/aromatic N) is 1. The molecule has 95 heavy (non-hydrogen) atoms. The van der Waals surface area contributed by atoms with Crippen molar-refractivity contribution in [3.63, 3.8) is 0 Å². The maximum Gasteiger partial charge on any atom is 0.306 e. The van der Waals surface area contributed by atoms with Gasteiger partial charge in [0, 0.05) is 12.8 Å². The van der Waals surface area contributed by atoms with Crippen molar-refractivity contribution in [3.05, 3.63) is 122 Å². The summed E-state index contributed by atoms with van der Waals surface area (Å²) < 4.78 is 34.4. The smallest absolute Gasteiger partial charge is 0.306 e. The Morgan fingerprint density at radius 2 is 0.600 bits per heavy atom. The zero-order valence-corrected chi connectivity index (χ0v) is 63.5. The van der Waals surface area contributed by atoms with Crippen LogP contribution < -0.4 is 4.89 Å². The van der Waals surface area contributed by atoms with Crippen molar-refractivity contribution in [3.8, 4) is 0 Å². The number of likely N-dealkylation sites (N-methyl/N-ethyl adjacent to an activating group) is 1. The molecule has 9 nitrogen and oxygen atoms in total. The molecule has 2 unspecified atom stereocenters. The highest BCUT2D eigenvalue weighted by Crippen LogP contribution is 2.38. The minimum Gasteiger partial charge on any atom is -0.756 e. The van der Waals surface area contributed by atoms with E-state index >= 15 is 0 Å². The third-order valence-corrected chi connectivity index (χ3v) is 18.2. The van der Waals surface area contributed by atoms with Crippen LogP contribution >= 0.6 is 7.82 Å². The quantitative estimate of drug-likeness (QED) is 0.0195. The summed E-state index contributed by atoms with van der Waals surface area (Å²) >= 11 is 0. The summed E-state index contributed by atoms with van der Waals surface area (Å²) in [4.78, 5) is 38.2. The molecular formula is C85H150NO8P. The molecule has 0 aromatic rings. The minimum atomic E-state index is -4.66. The molecule has 0 saturated heterocycles. The highest BCUT2D eigenvalue weighted by molar-refractivity contribution is 7.45. The molecular weight excluding hydrogens is 1190 g/mol. The molecule has 0 aliphatic carbocycles. The van der Waals surface area contributed by atoms with Crippen LogP contribution in [-0.2, 0) is 32.7 Å². The molecule has 0 aliphatic heterocycles. The normalized spacial score (nSPS) is 13.7. The van der Waals surface area contributed by atoms with E-state index in [4.69, 9.17) is 18.5 Å². The monoisotopic (exact) mass is 1340 g/mol. The van der Waals surface area contributed by atoms with Crippen LogP contribution in [0.4, 0.5) is 0 Å². The Labute approximate surface area is 588 Å². The molecule has 0 heterocycles. The molecule has 548 valence electrons. The predicted molar refractivity (Wildman–Crippen MR) is 411 cm³/mol. The van der Waals surface area contributed by atoms with E-state index in [0.717, 1.165) is 109 Å². The van der Waals surface area contributed by atoms with Crippen LogP contribution in [0.2, 0.25) is 0 Å². The number of carbonyl (C=O) groups is 2. The van der Waals surface area contributed by atoms with Crippen molar-refractivity contribution < 1.29 is 42.1 Å². The van der Waals surface area contributed by atoms with Crippen molar-refractivity contribution in [2.45, 2.75) is 360 Å². The lowest BCUT2D eigenvalue weighted by atomic mass is 10.0. The van der Waals surface area contributed by atoms with Crippen LogP contribution in [-0.4, -0.2) is 70.0 Å². The lowest BCUT2D eigenvalue weighted by molar-refractivity contribution is -0.870. The average molecular weight is 1350 g/mol. The summed E-state index contributed by atoms with van der Waals surface area (Å²) in [6.45, 7) is 4.13. The summed E-state index contributed by atoms with van der Waals surface area (Å²) in [5, 5.41) is 0. The molecule has 0 aromatic carbocycles. The van der Waals surface area contributed by atoms with E-state index in [9.17, 15) is 19.0 Å². The first kappa shape index (κ1) is 91.4. The molecule has 0 aromatic heterocycles. The van der Waals surface area contributed by atoms with Gasteiger partial charge in [-0.1, -0.05) is 373 Å². The van der Waals surface area contributed by atoms with E-state index < -0.39 is 26.5 Å². The van der Waals surface area contributed by atoms with Crippen LogP contribution in [0.5, 0.6) is 0 Å². The lowest BCUT2D eigenvalue weighted by Gasteiger charge is -2.28. The van der Waals surface area contributed by atoms with Crippen LogP contribution in [0.3, 0.4) is 0 Å². The minimum absolute atomic E-state index is 0.0407. The largest absolute Gasteiger partial charge is 0.756 e. The summed E-state index contributed by atoms with van der Waals surface area (Å²) in [5.41, 5.74) is 0. The van der Waals surface area contributed by atoms with Gasteiger partial charge in [0.25, 0.3) is 7.82 Å². The highest BCUT2D eigenvalue weighted by atomic mass is 31.2. The maximum atomic E-state index is 12.9. The SMILES string of the molecule is CC/C=C\C/C=C\C/C=C\C/C=C\C/C=C\C/C=C\C/C=C\C/C=C\C/C=C\C/C=C\CCCCCCC(=O)OC(COC(=O)CCCCCCCCCCCCCCCCCCCCCCCCCCCCCCCCCCCCCC)COP(=O)([O-])OCC[N+](C)(C)C. The van der Waals surface area contributed by atoms with E-state index in [0.29, 0.717) is 17.4 Å². The molecule has 0 radical (unpaired) electrons. The molecule has 0 saturated carbocycles. The molecule has 2 atom stereocenters. The summed E-state index contributed by atoms with van der Waals surface area (Å²) in [5.74, 6) is -0.856. The second-order valence-corrected chi connectivity index (χ2v) is 29.1. The fraction of sp³-hybridized carbons (Fsp3) is 0.741. The molecule has 0 fully saturated rings. The Balaban J connectivity index is 4.04. The number of rotatable bonds is 73. The Hall–Kier alpha value is -3.59. The average Bonchev–Trinajstić information content (AvgIpc) is 2.16. The number of unbranched alkanes of at least 4 members (excludes halogenated alkanes) is 39. The van der Waals surface area contributed by atoms with E-state index in [1.165, 1.54) is 212 Å². The van der Waals surface area contributed by atoms with E-state index in [1.807, 2.05) is 21.1 Å². The van der Waals surface area contributed by atoms with Crippen LogP contribution in [0.1, 0.15) is 354 Å². The fourth-order valence-corrected chi connectivity index (χ4v) is 11.9. The molecule has 0 amide bonds. The van der Waals surface area contributed by atoms with Crippen LogP contribution in [0.25, 0.3) is 0 Å². The third kappa shape index (κ3) is 79.3. The zero-order valence-electron chi connectivity index (χ0n) is 62.6. The first-order valence-corrected chi connectivity index (χ1v) is 41.2. The van der Waals surface area contributed by atoms with Gasteiger partial charge in [0.2, 0.25) is 0 Å². The first-order chi connectivity index (χ1) is 46.5. The van der Waals surface area contributed by atoms with Gasteiger partial charge in [-0.15, -0.1) is 0 Å². The molecule has 10 heteroatoms. The molecule has 0 bridgehead atoms. The number of allylic oxidation sites excluding steroid dienone is 20. The topological polar surface area (TPSA) is 111 Å². The number of phosphoric acid groups is 1. The van der Waals surface area contributed by atoms with Gasteiger partial charge in [-0.05, 0) is 89.9 Å². The first-order valence-electron chi connectivity index (χ1n) is 39.7. The van der Waals surface area contributed by atoms with Gasteiger partial charge in [-0.2, -0.15) is 0 Å². The van der Waals surface area contributed by atoms with Crippen LogP contribution in [0, 0.1) is 0 Å². The van der Waals surface area contributed by atoms with Gasteiger partial charge in [0.15, 0.2) is 6.10 Å². The third-order valence-electron chi connectivity index (χ3n) is 17.2. The summed E-state index contributed by atoms with van der Waals surface area (Å²) in [6, 6.07) is 0. The van der Waals surface area contributed by atoms with Crippen molar-refractivity contribution in [1.29, 1.82) is 0 Å². The van der Waals surface area contributed by atoms with E-state index in [1.54, 1.807) is 0 Å². The number of quaternary nitrogens is 1. The summed E-state index contributed by atoms with van der Waals surface area (Å²) in [7, 11) is 1.14. The maximum absolute atomic E-state index is 12.9. The Morgan fingerprint density at radius 1 is 0.337 bits per heavy atom. The second-order valence-electron chi connectivity index (χ2n) is 27.7. The molecule has 0 N–H and O–H groups in total. The second kappa shape index (κ2) is 74.6. The predicted octanol–water partition coefficient (Wildman–Crippen LogP) is 25.9. The Morgan fingerprint density at radius 3 is 0.895 bits per heavy atom. The van der Waals surface area contributed by atoms with Gasteiger partial charge in [-0.3, -0.25) is 14.2 Å². The highest BCUT2D eigenvalue weighted by Gasteiger charge is 2.22. The number of esters is 2. The molecule has 0 rings (SSSR count). The van der Waals surface area contributed by atoms with Gasteiger partial charge in [-0.25, -0.2) is 0 Å². The van der Waals surface area contributed by atoms with Crippen molar-refractivity contribution in [2.75, 3.05) is 47.5 Å². The summed E-state index contributed by atoms with van der Waals surface area (Å²) in [6.07, 6.45) is 108. The van der Waals surface area contributed by atoms with Crippen molar-refractivity contribution in [1.82, 2.24) is 0 Å². The Kier molecular flexibility index (Phi) is 71.8. The number of ether oxygens (including phenoxy) is 2. The molecule has 0 spiro atoms.